The molecule has 0 spiro atoms. The van der Waals surface area contributed by atoms with Gasteiger partial charge in [0.15, 0.2) is 5.65 Å². The first kappa shape index (κ1) is 27.7. The minimum atomic E-state index is -0.746. The van der Waals surface area contributed by atoms with E-state index in [0.29, 0.717) is 48.4 Å². The van der Waals surface area contributed by atoms with E-state index in [-0.39, 0.29) is 45.4 Å². The van der Waals surface area contributed by atoms with Gasteiger partial charge in [-0.2, -0.15) is 10.2 Å². The van der Waals surface area contributed by atoms with Gasteiger partial charge in [-0.1, -0.05) is 31.2 Å². The topological polar surface area (TPSA) is 128 Å². The molecule has 1 aliphatic rings. The van der Waals surface area contributed by atoms with E-state index >= 15 is 0 Å². The van der Waals surface area contributed by atoms with Gasteiger partial charge in [0, 0.05) is 31.9 Å². The highest BCUT2D eigenvalue weighted by molar-refractivity contribution is 6.34. The highest BCUT2D eigenvalue weighted by atomic mass is 35.5. The zero-order valence-corrected chi connectivity index (χ0v) is 23.1. The van der Waals surface area contributed by atoms with Gasteiger partial charge in [0.1, 0.15) is 29.3 Å². The molecule has 5 rings (SSSR count). The van der Waals surface area contributed by atoms with Crippen LogP contribution in [0.2, 0.25) is 5.02 Å². The molecule has 208 valence electrons. The molecule has 1 aromatic carbocycles. The van der Waals surface area contributed by atoms with E-state index in [0.717, 1.165) is 0 Å². The number of anilines is 1. The summed E-state index contributed by atoms with van der Waals surface area (Å²) in [5.74, 6) is -0.797. The second-order valence-corrected chi connectivity index (χ2v) is 9.99. The maximum Gasteiger partial charge on any atom is 0.357 e. The van der Waals surface area contributed by atoms with Crippen LogP contribution >= 0.6 is 11.6 Å². The number of amides is 1. The van der Waals surface area contributed by atoms with Gasteiger partial charge in [0.2, 0.25) is 5.91 Å². The van der Waals surface area contributed by atoms with Crippen molar-refractivity contribution in [1.29, 1.82) is 5.26 Å². The molecule has 0 bridgehead atoms. The van der Waals surface area contributed by atoms with Crippen LogP contribution in [0.25, 0.3) is 28.1 Å². The van der Waals surface area contributed by atoms with Crippen LogP contribution in [0.15, 0.2) is 54.0 Å². The molecule has 4 heterocycles. The third kappa shape index (κ3) is 4.87. The van der Waals surface area contributed by atoms with Crippen LogP contribution in [-0.4, -0.2) is 61.1 Å². The number of nitriles is 1. The van der Waals surface area contributed by atoms with E-state index in [1.54, 1.807) is 11.0 Å². The van der Waals surface area contributed by atoms with Gasteiger partial charge in [-0.25, -0.2) is 23.7 Å². The van der Waals surface area contributed by atoms with Crippen molar-refractivity contribution < 1.29 is 14.3 Å². The SMILES string of the molecule is C=CC(=O)N1CCN(c2nc(=O)n(-c3ncc(C#N)cc3CC)c3nc(-c4c(O)cccc4F)c(Cl)cc23)[C@@H](C)C1. The van der Waals surface area contributed by atoms with Crippen molar-refractivity contribution in [3.8, 4) is 28.9 Å². The first-order valence-corrected chi connectivity index (χ1v) is 13.2. The van der Waals surface area contributed by atoms with Crippen LogP contribution in [-0.2, 0) is 11.2 Å². The average Bonchev–Trinajstić information content (AvgIpc) is 2.96. The maximum absolute atomic E-state index is 14.9. The Morgan fingerprint density at radius 1 is 1.29 bits per heavy atom. The molecule has 1 fully saturated rings. The lowest BCUT2D eigenvalue weighted by molar-refractivity contribution is -0.126. The maximum atomic E-state index is 14.9. The highest BCUT2D eigenvalue weighted by Gasteiger charge is 2.30. The smallest absolute Gasteiger partial charge is 0.357 e. The van der Waals surface area contributed by atoms with Gasteiger partial charge in [0.05, 0.1) is 27.2 Å². The lowest BCUT2D eigenvalue weighted by Gasteiger charge is -2.40. The number of carbonyl (C=O) groups is 1. The summed E-state index contributed by atoms with van der Waals surface area (Å²) in [6.07, 6.45) is 3.05. The largest absolute Gasteiger partial charge is 0.507 e. The van der Waals surface area contributed by atoms with E-state index in [2.05, 4.69) is 21.5 Å². The van der Waals surface area contributed by atoms with Crippen LogP contribution < -0.4 is 10.6 Å². The van der Waals surface area contributed by atoms with E-state index < -0.39 is 11.5 Å². The summed E-state index contributed by atoms with van der Waals surface area (Å²) in [6, 6.07) is 8.82. The van der Waals surface area contributed by atoms with Gasteiger partial charge in [0.25, 0.3) is 0 Å². The molecule has 1 saturated heterocycles. The van der Waals surface area contributed by atoms with Crippen LogP contribution in [0.5, 0.6) is 5.75 Å². The van der Waals surface area contributed by atoms with Crippen molar-refractivity contribution >= 4 is 34.4 Å². The molecule has 0 radical (unpaired) electrons. The number of pyridine rings is 2. The van der Waals surface area contributed by atoms with Crippen molar-refractivity contribution in [3.05, 3.63) is 81.6 Å². The molecule has 1 atom stereocenters. The number of aromatic nitrogens is 4. The van der Waals surface area contributed by atoms with Gasteiger partial charge in [-0.05, 0) is 49.2 Å². The Bertz CT molecular complexity index is 1800. The highest BCUT2D eigenvalue weighted by Crippen LogP contribution is 2.38. The lowest BCUT2D eigenvalue weighted by atomic mass is 10.1. The molecule has 0 unspecified atom stereocenters. The number of phenols is 1. The Kier molecular flexibility index (Phi) is 7.43. The van der Waals surface area contributed by atoms with Crippen molar-refractivity contribution in [2.75, 3.05) is 24.5 Å². The van der Waals surface area contributed by atoms with Crippen LogP contribution in [0, 0.1) is 17.1 Å². The molecule has 1 aliphatic heterocycles. The van der Waals surface area contributed by atoms with Crippen LogP contribution in [0.1, 0.15) is 25.0 Å². The molecular formula is C29H25ClFN7O3. The molecule has 1 N–H and O–H groups in total. The number of aryl methyl sites for hydroxylation is 1. The summed E-state index contributed by atoms with van der Waals surface area (Å²) in [5.41, 5.74) is 0.0205. The van der Waals surface area contributed by atoms with Gasteiger partial charge < -0.3 is 14.9 Å². The monoisotopic (exact) mass is 573 g/mol. The first-order valence-electron chi connectivity index (χ1n) is 12.9. The molecule has 12 heteroatoms. The fourth-order valence-electron chi connectivity index (χ4n) is 5.07. The Balaban J connectivity index is 1.81. The Labute approximate surface area is 239 Å². The minimum Gasteiger partial charge on any atom is -0.507 e. The Hall–Kier alpha value is -4.82. The third-order valence-electron chi connectivity index (χ3n) is 7.08. The number of benzene rings is 1. The third-order valence-corrected chi connectivity index (χ3v) is 7.37. The number of rotatable bonds is 5. The number of carbonyl (C=O) groups excluding carboxylic acids is 1. The van der Waals surface area contributed by atoms with Crippen LogP contribution in [0.4, 0.5) is 10.2 Å². The average molecular weight is 574 g/mol. The quantitative estimate of drug-likeness (QED) is 0.355. The molecule has 1 amide bonds. The van der Waals surface area contributed by atoms with Gasteiger partial charge in [-0.3, -0.25) is 4.79 Å². The molecule has 4 aromatic rings. The lowest BCUT2D eigenvalue weighted by Crippen LogP contribution is -2.54. The van der Waals surface area contributed by atoms with Gasteiger partial charge in [-0.15, -0.1) is 0 Å². The Morgan fingerprint density at radius 3 is 2.73 bits per heavy atom. The van der Waals surface area contributed by atoms with Crippen molar-refractivity contribution in [3.63, 3.8) is 0 Å². The summed E-state index contributed by atoms with van der Waals surface area (Å²) >= 11 is 6.66. The standard InChI is InChI=1S/C29H25ClFN7O3/c1-4-18-11-17(13-32)14-33-26(18)38-28-19(12-20(30)25(34-28)24-21(31)7-6-8-22(24)39)27(35-29(38)41)37-10-9-36(15-16(37)3)23(40)5-2/h5-8,11-12,14,16,39H,2,4,9-10,15H2,1,3H3/t16-/m0/s1. The number of piperazine rings is 1. The molecule has 3 aromatic heterocycles. The summed E-state index contributed by atoms with van der Waals surface area (Å²) < 4.78 is 16.2. The van der Waals surface area contributed by atoms with E-state index in [1.165, 1.54) is 41.1 Å². The molecule has 0 aliphatic carbocycles. The van der Waals surface area contributed by atoms with E-state index in [1.807, 2.05) is 24.8 Å². The molecule has 41 heavy (non-hydrogen) atoms. The van der Waals surface area contributed by atoms with Crippen molar-refractivity contribution in [1.82, 2.24) is 24.4 Å². The number of hydrogen-bond acceptors (Lipinski definition) is 8. The van der Waals surface area contributed by atoms with Crippen molar-refractivity contribution in [2.24, 2.45) is 0 Å². The number of phenolic OH excluding ortho intramolecular Hbond substituents is 1. The second kappa shape index (κ2) is 11.0. The number of nitrogens with zero attached hydrogens (tertiary/aromatic N) is 7. The fourth-order valence-corrected chi connectivity index (χ4v) is 5.31. The summed E-state index contributed by atoms with van der Waals surface area (Å²) in [7, 11) is 0. The minimum absolute atomic E-state index is 0.0303. The van der Waals surface area contributed by atoms with Crippen molar-refractivity contribution in [2.45, 2.75) is 26.3 Å². The van der Waals surface area contributed by atoms with E-state index in [4.69, 9.17) is 11.6 Å². The number of hydrogen-bond donors (Lipinski definition) is 1. The molecular weight excluding hydrogens is 549 g/mol. The second-order valence-electron chi connectivity index (χ2n) is 9.58. The zero-order chi connectivity index (χ0) is 29.4. The fraction of sp³-hybridized carbons (Fsp3) is 0.241. The predicted molar refractivity (Wildman–Crippen MR) is 153 cm³/mol. The summed E-state index contributed by atoms with van der Waals surface area (Å²) in [4.78, 5) is 43.0. The summed E-state index contributed by atoms with van der Waals surface area (Å²) in [6.45, 7) is 8.43. The molecule has 0 saturated carbocycles. The first-order chi connectivity index (χ1) is 19.7. The van der Waals surface area contributed by atoms with Crippen LogP contribution in [0.3, 0.4) is 0 Å². The predicted octanol–water partition coefficient (Wildman–Crippen LogP) is 4.00. The summed E-state index contributed by atoms with van der Waals surface area (Å²) in [5, 5.41) is 20.3. The number of aromatic hydroxyl groups is 1. The zero-order valence-electron chi connectivity index (χ0n) is 22.3. The normalized spacial score (nSPS) is 15.1. The number of halogens is 2. The van der Waals surface area contributed by atoms with E-state index in [9.17, 15) is 24.3 Å². The number of fused-ring (bicyclic) bond motifs is 1. The molecule has 10 nitrogen and oxygen atoms in total. The van der Waals surface area contributed by atoms with Gasteiger partial charge >= 0.3 is 5.69 Å². The Morgan fingerprint density at radius 2 is 2.07 bits per heavy atom.